The molecule has 0 fully saturated rings. The molecule has 0 saturated carbocycles. The van der Waals surface area contributed by atoms with E-state index in [-0.39, 0.29) is 6.10 Å². The van der Waals surface area contributed by atoms with Crippen LogP contribution >= 0.6 is 11.6 Å². The van der Waals surface area contributed by atoms with E-state index in [1.54, 1.807) is 7.11 Å². The number of methoxy groups -OCH3 is 1. The number of hydrogen-bond acceptors (Lipinski definition) is 2. The third-order valence-electron chi connectivity index (χ3n) is 4.49. The van der Waals surface area contributed by atoms with Crippen LogP contribution in [-0.4, -0.2) is 11.7 Å². The maximum Gasteiger partial charge on any atom is 0.127 e. The quantitative estimate of drug-likeness (QED) is 0.651. The Balaban J connectivity index is 1.94. The molecule has 1 aliphatic heterocycles. The van der Waals surface area contributed by atoms with Crippen LogP contribution in [0, 0.1) is 6.92 Å². The van der Waals surface area contributed by atoms with Crippen molar-refractivity contribution in [1.29, 1.82) is 0 Å². The van der Waals surface area contributed by atoms with Gasteiger partial charge in [0.05, 0.1) is 19.4 Å². The second-order valence-corrected chi connectivity index (χ2v) is 6.40. The Labute approximate surface area is 146 Å². The van der Waals surface area contributed by atoms with Gasteiger partial charge in [0.1, 0.15) is 11.9 Å². The Morgan fingerprint density at radius 3 is 2.83 bits per heavy atom. The number of ether oxygens (including phenoxy) is 2. The van der Waals surface area contributed by atoms with Crippen LogP contribution < -0.4 is 4.74 Å². The molecule has 4 heteroatoms. The number of benzene rings is 2. The average Bonchev–Trinajstić information content (AvgIpc) is 2.98. The predicted molar refractivity (Wildman–Crippen MR) is 95.1 cm³/mol. The first-order valence-corrected chi connectivity index (χ1v) is 8.28. The average molecular weight is 340 g/mol. The van der Waals surface area contributed by atoms with Gasteiger partial charge in [0.25, 0.3) is 0 Å². The molecule has 0 spiro atoms. The fourth-order valence-electron chi connectivity index (χ4n) is 3.40. The van der Waals surface area contributed by atoms with Crippen molar-refractivity contribution in [2.24, 2.45) is 0 Å². The molecule has 122 valence electrons. The topological polar surface area (TPSA) is 23.4 Å². The van der Waals surface area contributed by atoms with Gasteiger partial charge in [0.15, 0.2) is 0 Å². The highest BCUT2D eigenvalue weighted by Crippen LogP contribution is 2.40. The van der Waals surface area contributed by atoms with Crippen molar-refractivity contribution in [3.63, 3.8) is 0 Å². The summed E-state index contributed by atoms with van der Waals surface area (Å²) in [5, 5.41) is 0.699. The highest BCUT2D eigenvalue weighted by atomic mass is 35.5. The zero-order valence-corrected chi connectivity index (χ0v) is 14.4. The first-order chi connectivity index (χ1) is 11.7. The van der Waals surface area contributed by atoms with Gasteiger partial charge in [-0.15, -0.1) is 0 Å². The van der Waals surface area contributed by atoms with E-state index >= 15 is 0 Å². The summed E-state index contributed by atoms with van der Waals surface area (Å²) in [5.41, 5.74) is 5.36. The zero-order valence-electron chi connectivity index (χ0n) is 13.6. The Bertz CT molecular complexity index is 900. The van der Waals surface area contributed by atoms with Crippen molar-refractivity contribution in [2.45, 2.75) is 19.6 Å². The molecule has 1 aromatic heterocycles. The number of nitrogens with zero attached hydrogens (tertiary/aromatic N) is 1. The van der Waals surface area contributed by atoms with Crippen molar-refractivity contribution < 1.29 is 9.47 Å². The van der Waals surface area contributed by atoms with Gasteiger partial charge in [-0.1, -0.05) is 29.8 Å². The van der Waals surface area contributed by atoms with Crippen LogP contribution in [0.2, 0.25) is 5.02 Å². The molecule has 0 N–H and O–H groups in total. The van der Waals surface area contributed by atoms with Crippen LogP contribution in [-0.2, 0) is 11.3 Å². The van der Waals surface area contributed by atoms with E-state index in [0.29, 0.717) is 11.6 Å². The molecule has 0 saturated heterocycles. The van der Waals surface area contributed by atoms with Gasteiger partial charge in [-0.2, -0.15) is 0 Å². The lowest BCUT2D eigenvalue weighted by molar-refractivity contribution is 0.0662. The summed E-state index contributed by atoms with van der Waals surface area (Å²) in [6.07, 6.45) is 1.83. The standard InChI is InChI=1S/C20H18ClNO2/c1-13-5-3-7-16(19(13)23-2)20-17-11-14(21)8-9-18(17)22-10-4-6-15(22)12-24-20/h3-11,20H,12H2,1-2H3. The van der Waals surface area contributed by atoms with Crippen LogP contribution in [0.3, 0.4) is 0 Å². The lowest BCUT2D eigenvalue weighted by atomic mass is 9.97. The molecule has 2 heterocycles. The summed E-state index contributed by atoms with van der Waals surface area (Å²) >= 11 is 6.29. The fourth-order valence-corrected chi connectivity index (χ4v) is 3.58. The molecule has 3 nitrogen and oxygen atoms in total. The third kappa shape index (κ3) is 2.41. The molecule has 0 amide bonds. The van der Waals surface area contributed by atoms with Gasteiger partial charge in [-0.3, -0.25) is 0 Å². The summed E-state index contributed by atoms with van der Waals surface area (Å²) in [4.78, 5) is 0. The molecule has 0 radical (unpaired) electrons. The number of aryl methyl sites for hydroxylation is 1. The Hall–Kier alpha value is -2.23. The number of fused-ring (bicyclic) bond motifs is 3. The predicted octanol–water partition coefficient (Wildman–Crippen LogP) is 5.07. The van der Waals surface area contributed by atoms with E-state index in [2.05, 4.69) is 22.9 Å². The molecule has 3 aromatic rings. The zero-order chi connectivity index (χ0) is 16.7. The SMILES string of the molecule is COc1c(C)cccc1C1OCc2cccn2-c2ccc(Cl)cc21. The van der Waals surface area contributed by atoms with Crippen molar-refractivity contribution in [3.05, 3.63) is 82.1 Å². The Morgan fingerprint density at radius 2 is 2.00 bits per heavy atom. The van der Waals surface area contributed by atoms with E-state index in [1.165, 1.54) is 0 Å². The molecular weight excluding hydrogens is 322 g/mol. The lowest BCUT2D eigenvalue weighted by Crippen LogP contribution is -2.08. The monoisotopic (exact) mass is 339 g/mol. The molecular formula is C20H18ClNO2. The molecule has 24 heavy (non-hydrogen) atoms. The van der Waals surface area contributed by atoms with Crippen molar-refractivity contribution in [1.82, 2.24) is 4.57 Å². The minimum Gasteiger partial charge on any atom is -0.496 e. The van der Waals surface area contributed by atoms with Crippen LogP contribution in [0.15, 0.2) is 54.7 Å². The third-order valence-corrected chi connectivity index (χ3v) is 4.73. The van der Waals surface area contributed by atoms with Gasteiger partial charge in [0.2, 0.25) is 0 Å². The number of hydrogen-bond donors (Lipinski definition) is 0. The van der Waals surface area contributed by atoms with Gasteiger partial charge in [-0.25, -0.2) is 0 Å². The summed E-state index contributed by atoms with van der Waals surface area (Å²) in [6, 6.07) is 16.2. The Kier molecular flexibility index (Phi) is 3.83. The lowest BCUT2D eigenvalue weighted by Gasteiger charge is -2.22. The second-order valence-electron chi connectivity index (χ2n) is 5.96. The van der Waals surface area contributed by atoms with Crippen molar-refractivity contribution in [2.75, 3.05) is 7.11 Å². The largest absolute Gasteiger partial charge is 0.496 e. The minimum atomic E-state index is -0.228. The number of rotatable bonds is 2. The van der Waals surface area contributed by atoms with E-state index in [4.69, 9.17) is 21.1 Å². The second kappa shape index (κ2) is 6.00. The summed E-state index contributed by atoms with van der Waals surface area (Å²) in [7, 11) is 1.70. The van der Waals surface area contributed by atoms with Gasteiger partial charge in [-0.05, 0) is 42.8 Å². The van der Waals surface area contributed by atoms with Crippen LogP contribution in [0.25, 0.3) is 5.69 Å². The highest BCUT2D eigenvalue weighted by molar-refractivity contribution is 6.30. The van der Waals surface area contributed by atoms with E-state index in [1.807, 2.05) is 43.3 Å². The molecule has 0 bridgehead atoms. The maximum absolute atomic E-state index is 6.29. The molecule has 1 unspecified atom stereocenters. The van der Waals surface area contributed by atoms with E-state index in [9.17, 15) is 0 Å². The van der Waals surface area contributed by atoms with E-state index in [0.717, 1.165) is 33.8 Å². The molecule has 1 aliphatic rings. The molecule has 4 rings (SSSR count). The summed E-state index contributed by atoms with van der Waals surface area (Å²) in [6.45, 7) is 2.57. The molecule has 0 aliphatic carbocycles. The highest BCUT2D eigenvalue weighted by Gasteiger charge is 2.27. The number of aromatic nitrogens is 1. The normalized spacial score (nSPS) is 16.2. The van der Waals surface area contributed by atoms with Crippen LogP contribution in [0.5, 0.6) is 5.75 Å². The van der Waals surface area contributed by atoms with Gasteiger partial charge >= 0.3 is 0 Å². The maximum atomic E-state index is 6.29. The summed E-state index contributed by atoms with van der Waals surface area (Å²) < 4.78 is 14.1. The van der Waals surface area contributed by atoms with Gasteiger partial charge < -0.3 is 14.0 Å². The van der Waals surface area contributed by atoms with Gasteiger partial charge in [0, 0.05) is 28.0 Å². The number of para-hydroxylation sites is 1. The minimum absolute atomic E-state index is 0.228. The molecule has 2 aromatic carbocycles. The van der Waals surface area contributed by atoms with Crippen LogP contribution in [0.4, 0.5) is 0 Å². The Morgan fingerprint density at radius 1 is 1.12 bits per heavy atom. The smallest absolute Gasteiger partial charge is 0.127 e. The van der Waals surface area contributed by atoms with Crippen LogP contribution in [0.1, 0.15) is 28.5 Å². The molecule has 1 atom stereocenters. The fraction of sp³-hybridized carbons (Fsp3) is 0.200. The van der Waals surface area contributed by atoms with E-state index < -0.39 is 0 Å². The number of halogens is 1. The first-order valence-electron chi connectivity index (χ1n) is 7.90. The van der Waals surface area contributed by atoms with Crippen molar-refractivity contribution in [3.8, 4) is 11.4 Å². The first kappa shape index (κ1) is 15.3. The van der Waals surface area contributed by atoms with Crippen molar-refractivity contribution >= 4 is 11.6 Å². The summed E-state index contributed by atoms with van der Waals surface area (Å²) in [5.74, 6) is 0.861.